The first-order valence-corrected chi connectivity index (χ1v) is 5.92. The molecule has 88 valence electrons. The second-order valence-electron chi connectivity index (χ2n) is 3.29. The fourth-order valence-corrected chi connectivity index (χ4v) is 1.78. The molecular formula is C10H9ClN4OS. The number of halogens is 1. The fraction of sp³-hybridized carbons (Fsp3) is 0.100. The highest BCUT2D eigenvalue weighted by molar-refractivity contribution is 7.10. The number of nitrogens with two attached hydrogens (primary N) is 1. The molecule has 0 saturated heterocycles. The van der Waals surface area contributed by atoms with Crippen LogP contribution in [0.2, 0.25) is 5.02 Å². The van der Waals surface area contributed by atoms with Gasteiger partial charge >= 0.3 is 0 Å². The number of anilines is 1. The number of nitrogen functional groups attached to an aromatic ring is 1. The van der Waals surface area contributed by atoms with E-state index in [4.69, 9.17) is 17.3 Å². The van der Waals surface area contributed by atoms with E-state index in [1.54, 1.807) is 12.1 Å². The molecule has 2 aromatic rings. The van der Waals surface area contributed by atoms with E-state index < -0.39 is 0 Å². The molecule has 1 aromatic heterocycles. The summed E-state index contributed by atoms with van der Waals surface area (Å²) in [6, 6.07) is 7.21. The van der Waals surface area contributed by atoms with Crippen LogP contribution in [-0.4, -0.2) is 15.5 Å². The van der Waals surface area contributed by atoms with Crippen molar-refractivity contribution in [1.82, 2.24) is 14.9 Å². The number of hydrogen-bond acceptors (Lipinski definition) is 5. The lowest BCUT2D eigenvalue weighted by Crippen LogP contribution is -2.23. The molecule has 0 aliphatic rings. The number of nitrogens with zero attached hydrogens (tertiary/aromatic N) is 2. The van der Waals surface area contributed by atoms with Crippen molar-refractivity contribution < 1.29 is 4.79 Å². The molecule has 0 fully saturated rings. The van der Waals surface area contributed by atoms with Crippen molar-refractivity contribution in [2.24, 2.45) is 0 Å². The molecule has 0 atom stereocenters. The molecule has 0 saturated carbocycles. The summed E-state index contributed by atoms with van der Waals surface area (Å²) in [4.78, 5) is 11.7. The van der Waals surface area contributed by atoms with Crippen LogP contribution in [0.3, 0.4) is 0 Å². The average Bonchev–Trinajstić information content (AvgIpc) is 2.74. The van der Waals surface area contributed by atoms with Gasteiger partial charge in [0.25, 0.3) is 5.91 Å². The van der Waals surface area contributed by atoms with Crippen molar-refractivity contribution in [3.8, 4) is 0 Å². The van der Waals surface area contributed by atoms with E-state index in [1.807, 2.05) is 12.1 Å². The minimum atomic E-state index is -0.328. The van der Waals surface area contributed by atoms with Gasteiger partial charge in [-0.1, -0.05) is 28.2 Å². The summed E-state index contributed by atoms with van der Waals surface area (Å²) in [5, 5.41) is 7.33. The minimum Gasteiger partial charge on any atom is -0.387 e. The van der Waals surface area contributed by atoms with Gasteiger partial charge in [0.05, 0.1) is 0 Å². The number of amides is 1. The third kappa shape index (κ3) is 2.92. The minimum absolute atomic E-state index is 0.170. The molecule has 2 rings (SSSR count). The third-order valence-electron chi connectivity index (χ3n) is 2.09. The van der Waals surface area contributed by atoms with Crippen LogP contribution in [0.1, 0.15) is 16.1 Å². The third-order valence-corrected chi connectivity index (χ3v) is 2.90. The lowest BCUT2D eigenvalue weighted by molar-refractivity contribution is 0.0947. The molecular weight excluding hydrogens is 260 g/mol. The number of hydrogen-bond donors (Lipinski definition) is 2. The fourth-order valence-electron chi connectivity index (χ4n) is 1.22. The first kappa shape index (κ1) is 11.8. The topological polar surface area (TPSA) is 80.9 Å². The van der Waals surface area contributed by atoms with Crippen LogP contribution >= 0.6 is 23.1 Å². The predicted octanol–water partition coefficient (Wildman–Crippen LogP) is 1.70. The van der Waals surface area contributed by atoms with Crippen LogP contribution in [0.4, 0.5) is 5.00 Å². The van der Waals surface area contributed by atoms with E-state index in [0.29, 0.717) is 16.6 Å². The molecule has 7 heteroatoms. The average molecular weight is 269 g/mol. The molecule has 0 unspecified atom stereocenters. The van der Waals surface area contributed by atoms with Gasteiger partial charge in [-0.25, -0.2) is 0 Å². The normalized spacial score (nSPS) is 10.2. The zero-order valence-corrected chi connectivity index (χ0v) is 10.3. The lowest BCUT2D eigenvalue weighted by atomic mass is 10.2. The second-order valence-corrected chi connectivity index (χ2v) is 4.52. The summed E-state index contributed by atoms with van der Waals surface area (Å²) in [5.74, 6) is -0.328. The molecule has 17 heavy (non-hydrogen) atoms. The molecule has 0 aliphatic carbocycles. The monoisotopic (exact) mass is 268 g/mol. The van der Waals surface area contributed by atoms with Crippen LogP contribution in [0, 0.1) is 0 Å². The first-order chi connectivity index (χ1) is 8.16. The molecule has 0 radical (unpaired) electrons. The van der Waals surface area contributed by atoms with E-state index in [1.165, 1.54) is 0 Å². The van der Waals surface area contributed by atoms with Crippen molar-refractivity contribution in [2.75, 3.05) is 5.73 Å². The van der Waals surface area contributed by atoms with Crippen LogP contribution in [0.15, 0.2) is 24.3 Å². The summed E-state index contributed by atoms with van der Waals surface area (Å²) < 4.78 is 3.60. The number of carbonyl (C=O) groups excluding carboxylic acids is 1. The number of aromatic nitrogens is 2. The summed E-state index contributed by atoms with van der Waals surface area (Å²) in [7, 11) is 0. The Labute approximate surface area is 107 Å². The highest BCUT2D eigenvalue weighted by Crippen LogP contribution is 2.12. The summed E-state index contributed by atoms with van der Waals surface area (Å²) in [6.07, 6.45) is 0. The number of carbonyl (C=O) groups is 1. The Bertz CT molecular complexity index is 525. The van der Waals surface area contributed by atoms with Gasteiger partial charge in [-0.3, -0.25) is 4.79 Å². The molecule has 0 spiro atoms. The van der Waals surface area contributed by atoms with Crippen LogP contribution in [0.25, 0.3) is 0 Å². The molecule has 0 aliphatic heterocycles. The van der Waals surface area contributed by atoms with Crippen molar-refractivity contribution in [2.45, 2.75) is 6.54 Å². The van der Waals surface area contributed by atoms with Crippen LogP contribution < -0.4 is 11.1 Å². The second kappa shape index (κ2) is 5.11. The molecule has 1 aromatic carbocycles. The zero-order chi connectivity index (χ0) is 12.3. The zero-order valence-electron chi connectivity index (χ0n) is 8.68. The molecule has 3 N–H and O–H groups in total. The predicted molar refractivity (Wildman–Crippen MR) is 66.9 cm³/mol. The summed E-state index contributed by atoms with van der Waals surface area (Å²) in [5.41, 5.74) is 6.66. The summed E-state index contributed by atoms with van der Waals surface area (Å²) >= 11 is 6.75. The van der Waals surface area contributed by atoms with E-state index >= 15 is 0 Å². The standard InChI is InChI=1S/C10H9ClN4OS/c11-7-3-1-6(2-4-7)5-13-10(16)8-9(12)17-15-14-8/h1-4H,5,12H2,(H,13,16). The van der Waals surface area contributed by atoms with Crippen molar-refractivity contribution in [1.29, 1.82) is 0 Å². The van der Waals surface area contributed by atoms with Gasteiger partial charge in [0, 0.05) is 23.1 Å². The van der Waals surface area contributed by atoms with Gasteiger partial charge in [0.15, 0.2) is 5.69 Å². The van der Waals surface area contributed by atoms with Crippen molar-refractivity contribution >= 4 is 34.0 Å². The number of nitrogens with one attached hydrogen (secondary N) is 1. The van der Waals surface area contributed by atoms with E-state index in [9.17, 15) is 4.79 Å². The number of rotatable bonds is 3. The van der Waals surface area contributed by atoms with Crippen molar-refractivity contribution in [3.63, 3.8) is 0 Å². The van der Waals surface area contributed by atoms with Gasteiger partial charge < -0.3 is 11.1 Å². The Morgan fingerprint density at radius 3 is 2.71 bits per heavy atom. The Hall–Kier alpha value is -1.66. The molecule has 1 amide bonds. The van der Waals surface area contributed by atoms with Crippen LogP contribution in [-0.2, 0) is 6.54 Å². The Kier molecular flexibility index (Phi) is 3.55. The van der Waals surface area contributed by atoms with Gasteiger partial charge in [0.2, 0.25) is 0 Å². The smallest absolute Gasteiger partial charge is 0.275 e. The lowest BCUT2D eigenvalue weighted by Gasteiger charge is -2.03. The van der Waals surface area contributed by atoms with Gasteiger partial charge in [0.1, 0.15) is 5.00 Å². The van der Waals surface area contributed by atoms with Crippen LogP contribution in [0.5, 0.6) is 0 Å². The molecule has 0 bridgehead atoms. The Balaban J connectivity index is 1.97. The maximum absolute atomic E-state index is 11.7. The summed E-state index contributed by atoms with van der Waals surface area (Å²) in [6.45, 7) is 0.396. The van der Waals surface area contributed by atoms with E-state index in [2.05, 4.69) is 14.9 Å². The van der Waals surface area contributed by atoms with Crippen molar-refractivity contribution in [3.05, 3.63) is 40.5 Å². The molecule has 1 heterocycles. The highest BCUT2D eigenvalue weighted by Gasteiger charge is 2.13. The number of benzene rings is 1. The Morgan fingerprint density at radius 2 is 2.12 bits per heavy atom. The highest BCUT2D eigenvalue weighted by atomic mass is 35.5. The SMILES string of the molecule is Nc1snnc1C(=O)NCc1ccc(Cl)cc1. The Morgan fingerprint density at radius 1 is 1.41 bits per heavy atom. The largest absolute Gasteiger partial charge is 0.387 e. The maximum Gasteiger partial charge on any atom is 0.275 e. The van der Waals surface area contributed by atoms with E-state index in [-0.39, 0.29) is 11.6 Å². The first-order valence-electron chi connectivity index (χ1n) is 4.77. The van der Waals surface area contributed by atoms with E-state index in [0.717, 1.165) is 17.1 Å². The molecule has 5 nitrogen and oxygen atoms in total. The van der Waals surface area contributed by atoms with Gasteiger partial charge in [-0.15, -0.1) is 5.10 Å². The maximum atomic E-state index is 11.7. The quantitative estimate of drug-likeness (QED) is 0.888. The van der Waals surface area contributed by atoms with Gasteiger partial charge in [-0.05, 0) is 17.7 Å². The van der Waals surface area contributed by atoms with Gasteiger partial charge in [-0.2, -0.15) is 0 Å².